The molecule has 2 rings (SSSR count). The summed E-state index contributed by atoms with van der Waals surface area (Å²) in [5, 5.41) is 20.3. The zero-order valence-electron chi connectivity index (χ0n) is 18.3. The molecule has 0 aliphatic heterocycles. The van der Waals surface area contributed by atoms with E-state index < -0.39 is 47.7 Å². The third-order valence-corrected chi connectivity index (χ3v) is 8.91. The molecule has 0 radical (unpaired) electrons. The van der Waals surface area contributed by atoms with Gasteiger partial charge in [0.1, 0.15) is 0 Å². The Kier molecular flexibility index (Phi) is 8.70. The van der Waals surface area contributed by atoms with Crippen LogP contribution < -0.4 is 10.6 Å². The van der Waals surface area contributed by atoms with E-state index in [1.165, 1.54) is 0 Å². The normalized spacial score (nSPS) is 14.0. The second kappa shape index (κ2) is 10.3. The molecule has 0 spiro atoms. The molecule has 0 saturated carbocycles. The number of hydrogen-bond acceptors (Lipinski definition) is 8. The zero-order valence-corrected chi connectivity index (χ0v) is 20.3. The monoisotopic (exact) mass is 476 g/mol. The second-order valence-electron chi connectivity index (χ2n) is 8.25. The standard InChI is InChI=1S/C21H34O8P2/c1-15-5-7-19(17(3)9-15)30(24,25)28-13-21(11-22,12-23)14-29-31(26,27)20-8-6-16(2)10-18(20)4/h5-10,22-27,30-31H,11-14H2,1-4H3. The van der Waals surface area contributed by atoms with Crippen molar-refractivity contribution in [1.29, 1.82) is 0 Å². The summed E-state index contributed by atoms with van der Waals surface area (Å²) < 4.78 is 10.8. The molecule has 10 heteroatoms. The minimum atomic E-state index is -4.33. The first-order chi connectivity index (χ1) is 14.4. The number of benzene rings is 2. The van der Waals surface area contributed by atoms with Crippen LogP contribution in [0.25, 0.3) is 0 Å². The molecule has 2 aromatic rings. The van der Waals surface area contributed by atoms with Gasteiger partial charge in [-0.1, -0.05) is 0 Å². The van der Waals surface area contributed by atoms with Crippen molar-refractivity contribution in [3.8, 4) is 0 Å². The third kappa shape index (κ3) is 6.50. The molecule has 8 nitrogen and oxygen atoms in total. The van der Waals surface area contributed by atoms with Crippen LogP contribution in [0.5, 0.6) is 0 Å². The fourth-order valence-electron chi connectivity index (χ4n) is 3.30. The van der Waals surface area contributed by atoms with Gasteiger partial charge in [0.15, 0.2) is 0 Å². The van der Waals surface area contributed by atoms with Crippen molar-refractivity contribution >= 4 is 26.5 Å². The molecule has 0 aromatic heterocycles. The van der Waals surface area contributed by atoms with Gasteiger partial charge in [-0.25, -0.2) is 0 Å². The Bertz CT molecular complexity index is 827. The van der Waals surface area contributed by atoms with E-state index in [1.807, 2.05) is 13.8 Å². The minimum absolute atomic E-state index is 0.257. The maximum absolute atomic E-state index is 10.6. The van der Waals surface area contributed by atoms with Crippen LogP contribution in [-0.2, 0) is 9.05 Å². The van der Waals surface area contributed by atoms with E-state index in [4.69, 9.17) is 9.05 Å². The first kappa shape index (κ1) is 26.2. The summed E-state index contributed by atoms with van der Waals surface area (Å²) in [5.74, 6) is 0. The number of aliphatic hydroxyl groups excluding tert-OH is 2. The summed E-state index contributed by atoms with van der Waals surface area (Å²) in [6.45, 7) is 5.06. The second-order valence-corrected chi connectivity index (χ2v) is 12.3. The van der Waals surface area contributed by atoms with Crippen molar-refractivity contribution in [3.05, 3.63) is 58.7 Å². The van der Waals surface area contributed by atoms with Crippen molar-refractivity contribution in [1.82, 2.24) is 0 Å². The van der Waals surface area contributed by atoms with E-state index in [0.29, 0.717) is 11.1 Å². The topological polar surface area (TPSA) is 140 Å². The molecule has 0 aliphatic carbocycles. The molecule has 6 N–H and O–H groups in total. The van der Waals surface area contributed by atoms with Crippen molar-refractivity contribution in [2.24, 2.45) is 5.41 Å². The van der Waals surface area contributed by atoms with Gasteiger partial charge in [0.2, 0.25) is 0 Å². The van der Waals surface area contributed by atoms with E-state index in [1.54, 1.807) is 50.2 Å². The first-order valence-corrected chi connectivity index (χ1v) is 13.5. The van der Waals surface area contributed by atoms with E-state index >= 15 is 0 Å². The summed E-state index contributed by atoms with van der Waals surface area (Å²) in [4.78, 5) is 42.2. The Morgan fingerprint density at radius 1 is 0.677 bits per heavy atom. The van der Waals surface area contributed by atoms with E-state index in [-0.39, 0.29) is 10.6 Å². The molecule has 176 valence electrons. The zero-order chi connectivity index (χ0) is 23.4. The van der Waals surface area contributed by atoms with Crippen LogP contribution in [0.2, 0.25) is 0 Å². The van der Waals surface area contributed by atoms with Crippen molar-refractivity contribution < 1.29 is 38.8 Å². The molecule has 0 amide bonds. The molecule has 0 fully saturated rings. The molecule has 0 atom stereocenters. The van der Waals surface area contributed by atoms with Gasteiger partial charge in [-0.05, 0) is 0 Å². The number of rotatable bonds is 10. The van der Waals surface area contributed by atoms with Gasteiger partial charge in [0, 0.05) is 0 Å². The van der Waals surface area contributed by atoms with Gasteiger partial charge in [0.05, 0.1) is 0 Å². The van der Waals surface area contributed by atoms with Crippen molar-refractivity contribution in [2.45, 2.75) is 27.7 Å². The Labute approximate surface area is 183 Å². The van der Waals surface area contributed by atoms with Crippen LogP contribution in [0.3, 0.4) is 0 Å². The number of hydrogen-bond donors (Lipinski definition) is 6. The Hall–Kier alpha value is -1.02. The first-order valence-electron chi connectivity index (χ1n) is 9.90. The van der Waals surface area contributed by atoms with Gasteiger partial charge >= 0.3 is 184 Å². The molecule has 0 unspecified atom stereocenters. The van der Waals surface area contributed by atoms with E-state index in [0.717, 1.165) is 11.1 Å². The Morgan fingerprint density at radius 2 is 1.03 bits per heavy atom. The van der Waals surface area contributed by atoms with E-state index in [2.05, 4.69) is 0 Å². The fourth-order valence-corrected chi connectivity index (χ4v) is 6.39. The van der Waals surface area contributed by atoms with Gasteiger partial charge in [-0.2, -0.15) is 0 Å². The summed E-state index contributed by atoms with van der Waals surface area (Å²) >= 11 is 0. The van der Waals surface area contributed by atoms with Crippen LogP contribution in [0.1, 0.15) is 22.3 Å². The molecular weight excluding hydrogens is 442 g/mol. The third-order valence-electron chi connectivity index (χ3n) is 5.30. The van der Waals surface area contributed by atoms with Gasteiger partial charge in [-0.3, -0.25) is 0 Å². The van der Waals surface area contributed by atoms with Crippen LogP contribution in [0.15, 0.2) is 36.4 Å². The predicted octanol–water partition coefficient (Wildman–Crippen LogP) is 0.834. The van der Waals surface area contributed by atoms with Crippen LogP contribution in [-0.4, -0.2) is 56.2 Å². The average molecular weight is 476 g/mol. The quantitative estimate of drug-likeness (QED) is 0.277. The molecule has 0 saturated heterocycles. The van der Waals surface area contributed by atoms with Gasteiger partial charge in [-0.15, -0.1) is 0 Å². The number of aliphatic hydroxyl groups is 2. The Morgan fingerprint density at radius 3 is 1.32 bits per heavy atom. The molecule has 0 heterocycles. The molecule has 0 bridgehead atoms. The number of aryl methyl sites for hydroxylation is 4. The van der Waals surface area contributed by atoms with Crippen LogP contribution in [0, 0.1) is 33.1 Å². The molecule has 2 aromatic carbocycles. The summed E-state index contributed by atoms with van der Waals surface area (Å²) in [5.41, 5.74) is 1.75. The summed E-state index contributed by atoms with van der Waals surface area (Å²) in [7, 11) is -8.67. The average Bonchev–Trinajstić information content (AvgIpc) is 2.68. The molecule has 0 aliphatic rings. The van der Waals surface area contributed by atoms with E-state index in [9.17, 15) is 29.8 Å². The van der Waals surface area contributed by atoms with Gasteiger partial charge < -0.3 is 0 Å². The predicted molar refractivity (Wildman–Crippen MR) is 125 cm³/mol. The molecular formula is C21H34O8P2. The van der Waals surface area contributed by atoms with Crippen molar-refractivity contribution in [2.75, 3.05) is 26.4 Å². The van der Waals surface area contributed by atoms with Crippen molar-refractivity contribution in [3.63, 3.8) is 0 Å². The van der Waals surface area contributed by atoms with Crippen LogP contribution >= 0.6 is 15.9 Å². The van der Waals surface area contributed by atoms with Gasteiger partial charge in [0.25, 0.3) is 0 Å². The van der Waals surface area contributed by atoms with Crippen LogP contribution in [0.4, 0.5) is 0 Å². The Balaban J connectivity index is 2.16. The maximum atomic E-state index is 10.6. The molecule has 31 heavy (non-hydrogen) atoms. The summed E-state index contributed by atoms with van der Waals surface area (Å²) in [6.07, 6.45) is 0. The fraction of sp³-hybridized carbons (Fsp3) is 0.429. The summed E-state index contributed by atoms with van der Waals surface area (Å²) in [6, 6.07) is 10.2. The SMILES string of the molecule is Cc1ccc([PH](O)(O)OCC(CO)(CO)CO[PH](O)(O)c2ccc(C)cc2C)c(C)c1.